The smallest absolute Gasteiger partial charge is 0.358 e. The molecule has 0 fully saturated rings. The van der Waals surface area contributed by atoms with Crippen molar-refractivity contribution in [1.29, 1.82) is 0 Å². The Hall–Kier alpha value is 1.42. The molecule has 0 bridgehead atoms. The summed E-state index contributed by atoms with van der Waals surface area (Å²) < 4.78 is 49.8. The van der Waals surface area contributed by atoms with Crippen molar-refractivity contribution in [2.45, 2.75) is 105 Å². The van der Waals surface area contributed by atoms with Gasteiger partial charge in [-0.1, -0.05) is 0 Å². The molecule has 16 heteroatoms. The lowest BCUT2D eigenvalue weighted by Gasteiger charge is -2.43. The Morgan fingerprint density at radius 2 is 0.656 bits per heavy atom. The molecule has 32 heavy (non-hydrogen) atoms. The van der Waals surface area contributed by atoms with E-state index in [0.29, 0.717) is 0 Å². The van der Waals surface area contributed by atoms with Gasteiger partial charge >= 0.3 is 51.4 Å². The van der Waals surface area contributed by atoms with E-state index in [1.165, 1.54) is 0 Å². The lowest BCUT2D eigenvalue weighted by Crippen LogP contribution is -2.60. The summed E-state index contributed by atoms with van der Waals surface area (Å²) in [7, 11) is -17.2. The second-order valence-corrected chi connectivity index (χ2v) is 37.7. The molecule has 0 aromatic rings. The molecule has 0 saturated carbocycles. The summed E-state index contributed by atoms with van der Waals surface area (Å²) in [5.74, 6) is 0. The normalized spacial score (nSPS) is 15.2. The lowest BCUT2D eigenvalue weighted by atomic mass is 11.9. The minimum atomic E-state index is -2.54. The molecule has 0 aliphatic carbocycles. The summed E-state index contributed by atoms with van der Waals surface area (Å²) in [5, 5.41) is 0. The van der Waals surface area contributed by atoms with E-state index >= 15 is 0 Å². The summed E-state index contributed by atoms with van der Waals surface area (Å²) in [6.45, 7) is 33.1. The Labute approximate surface area is 207 Å². The van der Waals surface area contributed by atoms with Gasteiger partial charge in [0.1, 0.15) is 0 Å². The average molecular weight is 595 g/mol. The Morgan fingerprint density at radius 1 is 0.375 bits per heavy atom. The molecule has 0 unspecified atom stereocenters. The molecule has 0 radical (unpaired) electrons. The lowest BCUT2D eigenvalue weighted by molar-refractivity contribution is -0.132. The highest BCUT2D eigenvalue weighted by Crippen LogP contribution is 2.28. The van der Waals surface area contributed by atoms with Gasteiger partial charge in [0, 0.05) is 0 Å². The van der Waals surface area contributed by atoms with E-state index in [1.807, 2.05) is 26.2 Å². The molecule has 0 spiro atoms. The molecule has 0 amide bonds. The zero-order valence-electron chi connectivity index (χ0n) is 23.4. The second-order valence-electron chi connectivity index (χ2n) is 11.3. The van der Waals surface area contributed by atoms with Crippen LogP contribution in [0.5, 0.6) is 0 Å². The zero-order chi connectivity index (χ0) is 25.8. The predicted molar refractivity (Wildman–Crippen MR) is 151 cm³/mol. The molecule has 0 saturated heterocycles. The molecule has 0 rings (SSSR count). The third kappa shape index (κ3) is 16.2. The van der Waals surface area contributed by atoms with Gasteiger partial charge in [0.25, 0.3) is 0 Å². The maximum atomic E-state index is 6.58. The summed E-state index contributed by atoms with van der Waals surface area (Å²) in [5.41, 5.74) is 0. The summed E-state index contributed by atoms with van der Waals surface area (Å²) in [6.07, 6.45) is 0. The molecule has 194 valence electrons. The van der Waals surface area contributed by atoms with Gasteiger partial charge in [-0.2, -0.15) is 0 Å². The Kier molecular flexibility index (Phi) is 12.6. The van der Waals surface area contributed by atoms with Crippen LogP contribution in [0.3, 0.4) is 0 Å². The van der Waals surface area contributed by atoms with Crippen LogP contribution in [0, 0.1) is 0 Å². The Morgan fingerprint density at radius 3 is 0.938 bits per heavy atom. The monoisotopic (exact) mass is 594 g/mol. The Balaban J connectivity index is 5.14. The molecule has 0 heterocycles. The molecular weight excluding hydrogens is 545 g/mol. The summed E-state index contributed by atoms with van der Waals surface area (Å²) in [4.78, 5) is 0. The molecule has 0 aliphatic rings. The topological polar surface area (TPSA) is 73.8 Å². The zero-order valence-corrected chi connectivity index (χ0v) is 31.7. The van der Waals surface area contributed by atoms with E-state index in [9.17, 15) is 0 Å². The second kappa shape index (κ2) is 12.1. The Bertz CT molecular complexity index is 584. The van der Waals surface area contributed by atoms with Crippen LogP contribution in [0.15, 0.2) is 0 Å². The fourth-order valence-electron chi connectivity index (χ4n) is 3.86. The van der Waals surface area contributed by atoms with Crippen molar-refractivity contribution in [1.82, 2.24) is 0 Å². The largest absolute Gasteiger partial charge is 0.440 e. The van der Waals surface area contributed by atoms with Crippen molar-refractivity contribution in [3.8, 4) is 0 Å². The molecule has 0 N–H and O–H groups in total. The van der Waals surface area contributed by atoms with Crippen LogP contribution in [0.1, 0.15) is 0 Å². The highest BCUT2D eigenvalue weighted by atomic mass is 28.5. The van der Waals surface area contributed by atoms with E-state index in [0.717, 1.165) is 0 Å². The standard InChI is InChI=1S/C16H50O8Si8/c1-25(2)17-18-27(5,6)20-29(9,10)22-31(13,14)24-32(15,16)23-30(11,12)21-28(7,8)19-26(3)4/h25-26H,1-16H3. The van der Waals surface area contributed by atoms with E-state index in [-0.39, 0.29) is 0 Å². The van der Waals surface area contributed by atoms with Crippen LogP contribution in [-0.4, -0.2) is 69.4 Å². The number of hydrogen-bond acceptors (Lipinski definition) is 8. The molecule has 0 aromatic heterocycles. The minimum Gasteiger partial charge on any atom is -0.440 e. The van der Waals surface area contributed by atoms with Crippen LogP contribution >= 0.6 is 0 Å². The van der Waals surface area contributed by atoms with Crippen molar-refractivity contribution in [2.24, 2.45) is 0 Å². The van der Waals surface area contributed by atoms with Crippen molar-refractivity contribution in [3.63, 3.8) is 0 Å². The average Bonchev–Trinajstić information content (AvgIpc) is 2.35. The van der Waals surface area contributed by atoms with Crippen molar-refractivity contribution in [2.75, 3.05) is 0 Å². The van der Waals surface area contributed by atoms with Crippen LogP contribution in [0.25, 0.3) is 0 Å². The van der Waals surface area contributed by atoms with Gasteiger partial charge < -0.3 is 24.7 Å². The van der Waals surface area contributed by atoms with Crippen LogP contribution in [0.2, 0.25) is 105 Å². The van der Waals surface area contributed by atoms with Gasteiger partial charge in [-0.25, -0.2) is 0 Å². The molecule has 8 nitrogen and oxygen atoms in total. The maximum Gasteiger partial charge on any atom is 0.358 e. The van der Waals surface area contributed by atoms with Crippen LogP contribution < -0.4 is 0 Å². The molecule has 0 aromatic carbocycles. The fraction of sp³-hybridized carbons (Fsp3) is 1.00. The van der Waals surface area contributed by atoms with Gasteiger partial charge in [-0.3, -0.25) is 9.15 Å². The summed E-state index contributed by atoms with van der Waals surface area (Å²) in [6, 6.07) is 0. The number of hydrogen-bond donors (Lipinski definition) is 0. The quantitative estimate of drug-likeness (QED) is 0.145. The van der Waals surface area contributed by atoms with Gasteiger partial charge in [-0.15, -0.1) is 0 Å². The fourth-order valence-corrected chi connectivity index (χ4v) is 36.7. The van der Waals surface area contributed by atoms with Crippen molar-refractivity contribution >= 4 is 69.4 Å². The first-order valence-corrected chi connectivity index (χ1v) is 33.9. The van der Waals surface area contributed by atoms with Gasteiger partial charge in [0.2, 0.25) is 9.04 Å². The molecule has 0 aliphatic heterocycles. The molecule has 0 atom stereocenters. The number of rotatable bonds is 15. The van der Waals surface area contributed by atoms with E-state index in [1.54, 1.807) is 0 Å². The van der Waals surface area contributed by atoms with Crippen LogP contribution in [-0.2, 0) is 33.8 Å². The van der Waals surface area contributed by atoms with Gasteiger partial charge in [0.15, 0.2) is 9.04 Å². The van der Waals surface area contributed by atoms with E-state index < -0.39 is 69.4 Å². The predicted octanol–water partition coefficient (Wildman–Crippen LogP) is 5.21. The summed E-state index contributed by atoms with van der Waals surface area (Å²) >= 11 is 0. The van der Waals surface area contributed by atoms with E-state index in [2.05, 4.69) is 78.6 Å². The minimum absolute atomic E-state index is 1.18. The third-order valence-corrected chi connectivity index (χ3v) is 28.4. The highest BCUT2D eigenvalue weighted by Gasteiger charge is 2.48. The van der Waals surface area contributed by atoms with Crippen molar-refractivity contribution in [3.05, 3.63) is 0 Å². The first-order chi connectivity index (χ1) is 13.9. The van der Waals surface area contributed by atoms with Gasteiger partial charge in [-0.05, 0) is 105 Å². The maximum absolute atomic E-state index is 6.58. The third-order valence-electron chi connectivity index (χ3n) is 3.42. The van der Waals surface area contributed by atoms with Gasteiger partial charge in [0.05, 0.1) is 0 Å². The first kappa shape index (κ1) is 33.4. The van der Waals surface area contributed by atoms with Crippen molar-refractivity contribution < 1.29 is 33.8 Å². The van der Waals surface area contributed by atoms with E-state index in [4.69, 9.17) is 33.8 Å². The molecular formula is C16H50O8Si8. The highest BCUT2D eigenvalue weighted by molar-refractivity contribution is 6.90. The SMILES string of the molecule is C[SiH](C)OO[Si](C)(C)O[Si](C)(C)O[Si](C)(C)O[Si](C)(C)O[Si](C)(C)O[Si](C)(C)O[SiH](C)C. The first-order valence-electron chi connectivity index (χ1n) is 11.4. The van der Waals surface area contributed by atoms with Crippen LogP contribution in [0.4, 0.5) is 0 Å².